The van der Waals surface area contributed by atoms with Crippen LogP contribution in [-0.2, 0) is 36.9 Å². The standard InChI is InChI=1S/C43H64N10O9/c1-25(52(5)36(56)20-44)37(40(59)46-22-28-19-33(54)34(62-28)23-53-16-15-35(55)50-42(53)61)51-39(58)31(17-26-11-7-6-8-12-26)48-41(60)49-32(38(57)47-24-43(2,3)4)18-27-21-45-30-14-10-9-13-29(27)30/h9-10,13-16,21,25-26,28,31-34,37,45,54H,6-8,11-12,17-20,22-24,44H2,1-5H3,(H,46,59)(H,47,57)(H,51,58)(H2,48,49,60)(H,50,55,61)/t25-,28?,31-,32-,33+,34-,37-/m0/s1. The van der Waals surface area contributed by atoms with Crippen molar-refractivity contribution in [2.75, 3.05) is 26.7 Å². The van der Waals surface area contributed by atoms with E-state index in [0.717, 1.165) is 48.6 Å². The van der Waals surface area contributed by atoms with E-state index < -0.39 is 77.5 Å². The first-order chi connectivity index (χ1) is 29.4. The van der Waals surface area contributed by atoms with Gasteiger partial charge in [0, 0.05) is 62.3 Å². The van der Waals surface area contributed by atoms with Gasteiger partial charge in [0.25, 0.3) is 5.56 Å². The van der Waals surface area contributed by atoms with E-state index in [2.05, 4.69) is 36.6 Å². The zero-order valence-electron chi connectivity index (χ0n) is 36.3. The van der Waals surface area contributed by atoms with Crippen molar-refractivity contribution < 1.29 is 33.8 Å². The minimum absolute atomic E-state index is 0.0444. The van der Waals surface area contributed by atoms with E-state index in [-0.39, 0.29) is 56.1 Å². The highest BCUT2D eigenvalue weighted by molar-refractivity contribution is 5.94. The number of nitrogens with one attached hydrogen (secondary N) is 7. The lowest BCUT2D eigenvalue weighted by atomic mass is 9.84. The zero-order chi connectivity index (χ0) is 45.1. The van der Waals surface area contributed by atoms with Crippen LogP contribution in [-0.4, -0.2) is 123 Å². The van der Waals surface area contributed by atoms with Gasteiger partial charge in [-0.1, -0.05) is 71.1 Å². The van der Waals surface area contributed by atoms with Gasteiger partial charge in [0.2, 0.25) is 23.6 Å². The molecule has 19 heteroatoms. The van der Waals surface area contributed by atoms with Gasteiger partial charge in [-0.2, -0.15) is 0 Å². The Morgan fingerprint density at radius 1 is 0.968 bits per heavy atom. The molecule has 0 bridgehead atoms. The number of aromatic nitrogens is 3. The number of ether oxygens (including phenoxy) is 1. The molecule has 1 saturated heterocycles. The van der Waals surface area contributed by atoms with Gasteiger partial charge in [0.05, 0.1) is 31.3 Å². The van der Waals surface area contributed by atoms with Crippen molar-refractivity contribution in [2.24, 2.45) is 17.1 Å². The van der Waals surface area contributed by atoms with Crippen LogP contribution in [0.1, 0.15) is 78.2 Å². The third-order valence-corrected chi connectivity index (χ3v) is 11.7. The summed E-state index contributed by atoms with van der Waals surface area (Å²) in [7, 11) is 1.47. The summed E-state index contributed by atoms with van der Waals surface area (Å²) in [6.07, 6.45) is 5.92. The average molecular weight is 865 g/mol. The largest absolute Gasteiger partial charge is 0.390 e. The Labute approximate surface area is 360 Å². The second kappa shape index (κ2) is 21.5. The van der Waals surface area contributed by atoms with Crippen LogP contribution >= 0.6 is 0 Å². The Balaban J connectivity index is 1.32. The van der Waals surface area contributed by atoms with Gasteiger partial charge >= 0.3 is 11.7 Å². The van der Waals surface area contributed by atoms with Crippen LogP contribution in [0, 0.1) is 11.3 Å². The van der Waals surface area contributed by atoms with Crippen molar-refractivity contribution in [2.45, 2.75) is 128 Å². The van der Waals surface area contributed by atoms with E-state index in [4.69, 9.17) is 10.5 Å². The van der Waals surface area contributed by atoms with Crippen molar-refractivity contribution in [3.63, 3.8) is 0 Å². The third kappa shape index (κ3) is 13.2. The average Bonchev–Trinajstić information content (AvgIpc) is 3.82. The molecule has 6 amide bonds. The van der Waals surface area contributed by atoms with E-state index in [9.17, 15) is 38.7 Å². The van der Waals surface area contributed by atoms with E-state index >= 15 is 0 Å². The molecule has 0 radical (unpaired) electrons. The number of carbonyl (C=O) groups is 5. The molecule has 19 nitrogen and oxygen atoms in total. The molecule has 1 aromatic carbocycles. The van der Waals surface area contributed by atoms with Crippen LogP contribution in [0.2, 0.25) is 0 Å². The molecule has 10 N–H and O–H groups in total. The summed E-state index contributed by atoms with van der Waals surface area (Å²) in [4.78, 5) is 99.1. The number of nitrogens with two attached hydrogens (primary N) is 1. The van der Waals surface area contributed by atoms with Crippen LogP contribution in [0.15, 0.2) is 52.3 Å². The lowest BCUT2D eigenvalue weighted by Crippen LogP contribution is -2.62. The molecule has 2 aromatic heterocycles. The zero-order valence-corrected chi connectivity index (χ0v) is 36.3. The van der Waals surface area contributed by atoms with Crippen molar-refractivity contribution in [1.29, 1.82) is 0 Å². The number of amides is 6. The molecule has 340 valence electrons. The maximum atomic E-state index is 14.4. The maximum absolute atomic E-state index is 14.4. The highest BCUT2D eigenvalue weighted by Gasteiger charge is 2.38. The number of fused-ring (bicyclic) bond motifs is 1. The van der Waals surface area contributed by atoms with Gasteiger partial charge in [0.15, 0.2) is 0 Å². The molecule has 1 aliphatic heterocycles. The minimum atomic E-state index is -1.32. The highest BCUT2D eigenvalue weighted by Crippen LogP contribution is 2.28. The van der Waals surface area contributed by atoms with E-state index in [1.807, 2.05) is 51.2 Å². The fourth-order valence-corrected chi connectivity index (χ4v) is 8.02. The van der Waals surface area contributed by atoms with Gasteiger partial charge in [-0.25, -0.2) is 9.59 Å². The monoisotopic (exact) mass is 864 g/mol. The first-order valence-corrected chi connectivity index (χ1v) is 21.5. The molecule has 1 aliphatic carbocycles. The number of H-pyrrole nitrogens is 2. The molecular weight excluding hydrogens is 801 g/mol. The van der Waals surface area contributed by atoms with Crippen LogP contribution in [0.4, 0.5) is 4.79 Å². The number of para-hydroxylation sites is 1. The molecule has 7 atom stereocenters. The van der Waals surface area contributed by atoms with Crippen molar-refractivity contribution >= 4 is 40.6 Å². The fraction of sp³-hybridized carbons (Fsp3) is 0.605. The van der Waals surface area contributed by atoms with Gasteiger partial charge in [-0.3, -0.25) is 33.5 Å². The molecule has 62 heavy (non-hydrogen) atoms. The van der Waals surface area contributed by atoms with Crippen molar-refractivity contribution in [3.8, 4) is 0 Å². The molecule has 3 aromatic rings. The van der Waals surface area contributed by atoms with E-state index in [1.54, 1.807) is 6.92 Å². The summed E-state index contributed by atoms with van der Waals surface area (Å²) in [6, 6.07) is 3.75. The molecule has 2 fully saturated rings. The number of hydrogen-bond donors (Lipinski definition) is 9. The SMILES string of the molecule is C[C@@H]([C@H](NC(=O)[C@H](CC1CCCCC1)NC(=O)N[C@@H](Cc1c[nH]c2ccccc12)C(=O)NCC(C)(C)C)C(=O)NCC1C[C@@H](O)[C@H](Cn2ccc(=O)[nH]c2=O)O1)N(C)C(=O)CN. The highest BCUT2D eigenvalue weighted by atomic mass is 16.5. The second-order valence-corrected chi connectivity index (χ2v) is 17.8. The number of hydrogen-bond acceptors (Lipinski definition) is 10. The molecule has 1 unspecified atom stereocenters. The third-order valence-electron chi connectivity index (χ3n) is 11.7. The Hall–Kier alpha value is -5.53. The fourth-order valence-electron chi connectivity index (χ4n) is 8.02. The van der Waals surface area contributed by atoms with E-state index in [0.29, 0.717) is 6.54 Å². The summed E-state index contributed by atoms with van der Waals surface area (Å²) in [5.41, 5.74) is 5.93. The number of carbonyl (C=O) groups excluding carboxylic acids is 5. The summed E-state index contributed by atoms with van der Waals surface area (Å²) in [6.45, 7) is 7.44. The lowest BCUT2D eigenvalue weighted by molar-refractivity contribution is -0.136. The first-order valence-electron chi connectivity index (χ1n) is 21.5. The topological polar surface area (TPSA) is 275 Å². The second-order valence-electron chi connectivity index (χ2n) is 17.8. The molecule has 0 spiro atoms. The van der Waals surface area contributed by atoms with Crippen LogP contribution < -0.4 is 43.6 Å². The molecule has 5 rings (SSSR count). The van der Waals surface area contributed by atoms with Crippen LogP contribution in [0.3, 0.4) is 0 Å². The number of nitrogens with zero attached hydrogens (tertiary/aromatic N) is 2. The van der Waals surface area contributed by atoms with Gasteiger partial charge in [-0.05, 0) is 36.3 Å². The normalized spacial score (nSPS) is 20.1. The summed E-state index contributed by atoms with van der Waals surface area (Å²) >= 11 is 0. The summed E-state index contributed by atoms with van der Waals surface area (Å²) < 4.78 is 7.17. The number of benzene rings is 1. The molecule has 1 saturated carbocycles. The van der Waals surface area contributed by atoms with Gasteiger partial charge in [-0.15, -0.1) is 0 Å². The number of aromatic amines is 2. The predicted octanol–water partition coefficient (Wildman–Crippen LogP) is 0.355. The van der Waals surface area contributed by atoms with Crippen molar-refractivity contribution in [1.82, 2.24) is 46.0 Å². The molecule has 2 aliphatic rings. The Morgan fingerprint density at radius 2 is 1.68 bits per heavy atom. The first kappa shape index (κ1) is 47.5. The molecule has 3 heterocycles. The number of rotatable bonds is 18. The quantitative estimate of drug-likeness (QED) is 0.0847. The van der Waals surface area contributed by atoms with E-state index in [1.165, 1.54) is 28.8 Å². The number of likely N-dealkylation sites (N-methyl/N-ethyl adjacent to an activating group) is 1. The maximum Gasteiger partial charge on any atom is 0.328 e. The van der Waals surface area contributed by atoms with Crippen LogP contribution in [0.25, 0.3) is 10.9 Å². The predicted molar refractivity (Wildman–Crippen MR) is 232 cm³/mol. The number of aliphatic hydroxyl groups excluding tert-OH is 1. The summed E-state index contributed by atoms with van der Waals surface area (Å²) in [5.74, 6) is -2.07. The van der Waals surface area contributed by atoms with Gasteiger partial charge < -0.3 is 52.0 Å². The minimum Gasteiger partial charge on any atom is -0.390 e. The Bertz CT molecular complexity index is 2140. The summed E-state index contributed by atoms with van der Waals surface area (Å²) in [5, 5.41) is 25.8. The van der Waals surface area contributed by atoms with Crippen molar-refractivity contribution in [3.05, 3.63) is 69.1 Å². The number of aliphatic hydroxyl groups is 1. The smallest absolute Gasteiger partial charge is 0.328 e. The molecular formula is C43H64N10O9. The van der Waals surface area contributed by atoms with Crippen LogP contribution in [0.5, 0.6) is 0 Å². The Morgan fingerprint density at radius 3 is 2.37 bits per heavy atom. The number of urea groups is 1. The lowest BCUT2D eigenvalue weighted by Gasteiger charge is -2.33. The van der Waals surface area contributed by atoms with Gasteiger partial charge in [0.1, 0.15) is 24.2 Å². The Kier molecular flexibility index (Phi) is 16.5.